The SMILES string of the molecule is CC(CNc1nc(NN)nc2sccc12)N(C)C1CC1. The number of hydrazine groups is 1. The maximum atomic E-state index is 5.42. The van der Waals surface area contributed by atoms with Crippen molar-refractivity contribution in [3.05, 3.63) is 11.4 Å². The summed E-state index contributed by atoms with van der Waals surface area (Å²) >= 11 is 1.59. The van der Waals surface area contributed by atoms with Crippen LogP contribution >= 0.6 is 11.3 Å². The van der Waals surface area contributed by atoms with Crippen LogP contribution in [0.4, 0.5) is 11.8 Å². The molecule has 4 N–H and O–H groups in total. The first-order valence-corrected chi connectivity index (χ1v) is 7.74. The molecule has 0 aliphatic heterocycles. The lowest BCUT2D eigenvalue weighted by Gasteiger charge is -2.25. The number of thiophene rings is 1. The van der Waals surface area contributed by atoms with Crippen LogP contribution in [0.2, 0.25) is 0 Å². The van der Waals surface area contributed by atoms with Gasteiger partial charge in [-0.05, 0) is 38.3 Å². The number of fused-ring (bicyclic) bond motifs is 1. The monoisotopic (exact) mass is 292 g/mol. The van der Waals surface area contributed by atoms with Gasteiger partial charge in [0.05, 0.1) is 5.39 Å². The van der Waals surface area contributed by atoms with E-state index in [1.807, 2.05) is 11.4 Å². The van der Waals surface area contributed by atoms with Crippen LogP contribution in [-0.4, -0.2) is 40.5 Å². The third-order valence-corrected chi connectivity index (χ3v) is 4.64. The summed E-state index contributed by atoms with van der Waals surface area (Å²) in [6.45, 7) is 3.10. The van der Waals surface area contributed by atoms with Gasteiger partial charge in [-0.2, -0.15) is 4.98 Å². The molecule has 0 saturated heterocycles. The lowest BCUT2D eigenvalue weighted by molar-refractivity contribution is 0.257. The molecular weight excluding hydrogens is 272 g/mol. The number of nitrogens with two attached hydrogens (primary N) is 1. The van der Waals surface area contributed by atoms with Crippen LogP contribution in [0, 0.1) is 0 Å². The van der Waals surface area contributed by atoms with Crippen LogP contribution in [-0.2, 0) is 0 Å². The molecule has 3 rings (SSSR count). The number of hydrogen-bond donors (Lipinski definition) is 3. The number of nitrogens with one attached hydrogen (secondary N) is 2. The van der Waals surface area contributed by atoms with Crippen molar-refractivity contribution in [1.82, 2.24) is 14.9 Å². The fourth-order valence-corrected chi connectivity index (χ4v) is 3.05. The first kappa shape index (κ1) is 13.5. The molecular formula is C13H20N6S. The highest BCUT2D eigenvalue weighted by atomic mass is 32.1. The normalized spacial score (nSPS) is 16.6. The van der Waals surface area contributed by atoms with Crippen LogP contribution in [0.25, 0.3) is 10.2 Å². The summed E-state index contributed by atoms with van der Waals surface area (Å²) in [7, 11) is 2.19. The third kappa shape index (κ3) is 2.70. The van der Waals surface area contributed by atoms with E-state index in [2.05, 4.69) is 39.6 Å². The zero-order valence-corrected chi connectivity index (χ0v) is 12.6. The lowest BCUT2D eigenvalue weighted by Crippen LogP contribution is -2.36. The van der Waals surface area contributed by atoms with Gasteiger partial charge in [-0.25, -0.2) is 10.8 Å². The van der Waals surface area contributed by atoms with E-state index in [0.717, 1.165) is 28.6 Å². The smallest absolute Gasteiger partial charge is 0.240 e. The van der Waals surface area contributed by atoms with Gasteiger partial charge in [0.15, 0.2) is 0 Å². The maximum absolute atomic E-state index is 5.42. The van der Waals surface area contributed by atoms with E-state index in [9.17, 15) is 0 Å². The van der Waals surface area contributed by atoms with E-state index in [1.54, 1.807) is 11.3 Å². The number of rotatable bonds is 6. The second kappa shape index (κ2) is 5.51. The molecule has 1 atom stereocenters. The highest BCUT2D eigenvalue weighted by Crippen LogP contribution is 2.28. The Morgan fingerprint density at radius 1 is 1.50 bits per heavy atom. The molecule has 1 fully saturated rings. The first-order chi connectivity index (χ1) is 9.69. The summed E-state index contributed by atoms with van der Waals surface area (Å²) in [4.78, 5) is 12.1. The molecule has 0 bridgehead atoms. The molecule has 2 heterocycles. The van der Waals surface area contributed by atoms with Crippen LogP contribution in [0.5, 0.6) is 0 Å². The Hall–Kier alpha value is -1.44. The Bertz CT molecular complexity index is 594. The molecule has 1 unspecified atom stereocenters. The number of aromatic nitrogens is 2. The Morgan fingerprint density at radius 3 is 3.00 bits per heavy atom. The van der Waals surface area contributed by atoms with Gasteiger partial charge in [-0.3, -0.25) is 10.3 Å². The second-order valence-corrected chi connectivity index (χ2v) is 6.20. The zero-order chi connectivity index (χ0) is 14.1. The van der Waals surface area contributed by atoms with Crippen molar-refractivity contribution < 1.29 is 0 Å². The molecule has 0 radical (unpaired) electrons. The van der Waals surface area contributed by atoms with Gasteiger partial charge < -0.3 is 5.32 Å². The number of anilines is 2. The van der Waals surface area contributed by atoms with Crippen molar-refractivity contribution in [3.63, 3.8) is 0 Å². The van der Waals surface area contributed by atoms with Gasteiger partial charge in [0.2, 0.25) is 5.95 Å². The van der Waals surface area contributed by atoms with E-state index in [-0.39, 0.29) is 0 Å². The van der Waals surface area contributed by atoms with Gasteiger partial charge >= 0.3 is 0 Å². The van der Waals surface area contributed by atoms with Crippen molar-refractivity contribution in [1.29, 1.82) is 0 Å². The molecule has 0 amide bonds. The highest BCUT2D eigenvalue weighted by Gasteiger charge is 2.29. The Balaban J connectivity index is 1.74. The summed E-state index contributed by atoms with van der Waals surface area (Å²) in [6, 6.07) is 3.28. The van der Waals surface area contributed by atoms with Crippen LogP contribution in [0.15, 0.2) is 11.4 Å². The fourth-order valence-electron chi connectivity index (χ4n) is 2.28. The van der Waals surface area contributed by atoms with E-state index < -0.39 is 0 Å². The number of likely N-dealkylation sites (N-methyl/N-ethyl adjacent to an activating group) is 1. The standard InChI is InChI=1S/C13H20N6S/c1-8(19(2)9-3-4-9)7-15-11-10-5-6-20-12(10)17-13(16-11)18-14/h5-6,8-9H,3-4,7,14H2,1-2H3,(H2,15,16,17,18). The average molecular weight is 292 g/mol. The minimum absolute atomic E-state index is 0.450. The van der Waals surface area contributed by atoms with E-state index in [0.29, 0.717) is 12.0 Å². The van der Waals surface area contributed by atoms with E-state index in [4.69, 9.17) is 5.84 Å². The molecule has 108 valence electrons. The Morgan fingerprint density at radius 2 is 2.30 bits per heavy atom. The van der Waals surface area contributed by atoms with Gasteiger partial charge in [0, 0.05) is 18.6 Å². The number of nitrogens with zero attached hydrogens (tertiary/aromatic N) is 3. The summed E-state index contributed by atoms with van der Waals surface area (Å²) in [6.07, 6.45) is 2.65. The molecule has 2 aromatic heterocycles. The molecule has 20 heavy (non-hydrogen) atoms. The number of nitrogen functional groups attached to an aromatic ring is 1. The topological polar surface area (TPSA) is 79.1 Å². The first-order valence-electron chi connectivity index (χ1n) is 6.86. The second-order valence-electron chi connectivity index (χ2n) is 5.31. The van der Waals surface area contributed by atoms with Crippen molar-refractivity contribution >= 4 is 33.3 Å². The van der Waals surface area contributed by atoms with Gasteiger partial charge in [0.1, 0.15) is 10.6 Å². The molecule has 1 aliphatic rings. The van der Waals surface area contributed by atoms with Gasteiger partial charge in [0.25, 0.3) is 0 Å². The minimum atomic E-state index is 0.450. The summed E-state index contributed by atoms with van der Waals surface area (Å²) in [5.41, 5.74) is 2.52. The van der Waals surface area contributed by atoms with Crippen molar-refractivity contribution in [2.75, 3.05) is 24.3 Å². The van der Waals surface area contributed by atoms with Crippen molar-refractivity contribution in [2.24, 2.45) is 5.84 Å². The molecule has 0 aromatic carbocycles. The molecule has 0 spiro atoms. The molecule has 1 aliphatic carbocycles. The third-order valence-electron chi connectivity index (χ3n) is 3.84. The molecule has 6 nitrogen and oxygen atoms in total. The highest BCUT2D eigenvalue weighted by molar-refractivity contribution is 7.16. The molecule has 1 saturated carbocycles. The minimum Gasteiger partial charge on any atom is -0.368 e. The molecule has 7 heteroatoms. The predicted molar refractivity (Wildman–Crippen MR) is 84.0 cm³/mol. The van der Waals surface area contributed by atoms with Crippen molar-refractivity contribution in [3.8, 4) is 0 Å². The van der Waals surface area contributed by atoms with Gasteiger partial charge in [-0.15, -0.1) is 11.3 Å². The van der Waals surface area contributed by atoms with Crippen LogP contribution < -0.4 is 16.6 Å². The zero-order valence-electron chi connectivity index (χ0n) is 11.8. The summed E-state index contributed by atoms with van der Waals surface area (Å²) in [5, 5.41) is 6.50. The largest absolute Gasteiger partial charge is 0.368 e. The van der Waals surface area contributed by atoms with Gasteiger partial charge in [-0.1, -0.05) is 0 Å². The maximum Gasteiger partial charge on any atom is 0.240 e. The van der Waals surface area contributed by atoms with E-state index in [1.165, 1.54) is 12.8 Å². The quantitative estimate of drug-likeness (QED) is 0.557. The summed E-state index contributed by atoms with van der Waals surface area (Å²) in [5.74, 6) is 6.72. The average Bonchev–Trinajstić information content (AvgIpc) is 3.21. The fraction of sp³-hybridized carbons (Fsp3) is 0.538. The Labute approximate surface area is 122 Å². The molecule has 2 aromatic rings. The van der Waals surface area contributed by atoms with Crippen molar-refractivity contribution in [2.45, 2.75) is 31.8 Å². The number of hydrogen-bond acceptors (Lipinski definition) is 7. The predicted octanol–water partition coefficient (Wildman–Crippen LogP) is 1.87. The van der Waals surface area contributed by atoms with E-state index >= 15 is 0 Å². The van der Waals surface area contributed by atoms with Crippen LogP contribution in [0.1, 0.15) is 19.8 Å². The van der Waals surface area contributed by atoms with Crippen LogP contribution in [0.3, 0.4) is 0 Å². The Kier molecular flexibility index (Phi) is 3.73. The lowest BCUT2D eigenvalue weighted by atomic mass is 10.3. The summed E-state index contributed by atoms with van der Waals surface area (Å²) < 4.78 is 0.